The second kappa shape index (κ2) is 7.75. The molecule has 1 aliphatic carbocycles. The topological polar surface area (TPSA) is 146 Å². The smallest absolute Gasteiger partial charge is 0.325 e. The number of halogens is 1. The summed E-state index contributed by atoms with van der Waals surface area (Å²) in [7, 11) is 0. The molecule has 27 heavy (non-hydrogen) atoms. The number of hydrogen-bond acceptors (Lipinski definition) is 7. The van der Waals surface area contributed by atoms with Crippen LogP contribution in [0.4, 0.5) is 16.3 Å². The Bertz CT molecular complexity index is 876. The molecule has 10 heteroatoms. The first kappa shape index (κ1) is 18.8. The van der Waals surface area contributed by atoms with E-state index in [0.717, 1.165) is 4.90 Å². The van der Waals surface area contributed by atoms with E-state index < -0.39 is 24.3 Å². The molecule has 1 heterocycles. The SMILES string of the molecule is N#Cc1cnc(N(C(N)=O)c2cc(Cl)ccc2OC2C[C@@H](O)[C@@H](O)C2)cn1. The van der Waals surface area contributed by atoms with Crippen LogP contribution < -0.4 is 15.4 Å². The summed E-state index contributed by atoms with van der Waals surface area (Å²) in [6.07, 6.45) is 0.742. The molecule has 140 valence electrons. The fourth-order valence-corrected chi connectivity index (χ4v) is 3.01. The van der Waals surface area contributed by atoms with Gasteiger partial charge in [-0.3, -0.25) is 0 Å². The van der Waals surface area contributed by atoms with Crippen molar-refractivity contribution in [1.29, 1.82) is 5.26 Å². The van der Waals surface area contributed by atoms with Gasteiger partial charge in [-0.1, -0.05) is 11.6 Å². The van der Waals surface area contributed by atoms with E-state index in [-0.39, 0.29) is 35.8 Å². The maximum Gasteiger partial charge on any atom is 0.325 e. The van der Waals surface area contributed by atoms with Gasteiger partial charge in [0.15, 0.2) is 11.5 Å². The van der Waals surface area contributed by atoms with Gasteiger partial charge in [0, 0.05) is 17.9 Å². The second-order valence-corrected chi connectivity index (χ2v) is 6.44. The second-order valence-electron chi connectivity index (χ2n) is 6.00. The summed E-state index contributed by atoms with van der Waals surface area (Å²) >= 11 is 6.07. The number of rotatable bonds is 4. The minimum absolute atomic E-state index is 0.0830. The lowest BCUT2D eigenvalue weighted by molar-refractivity contribution is 0.0438. The molecule has 1 aromatic carbocycles. The van der Waals surface area contributed by atoms with Crippen LogP contribution in [-0.4, -0.2) is 44.5 Å². The van der Waals surface area contributed by atoms with Crippen LogP contribution in [0, 0.1) is 11.3 Å². The first-order valence-electron chi connectivity index (χ1n) is 8.03. The number of nitrogens with zero attached hydrogens (tertiary/aromatic N) is 4. The largest absolute Gasteiger partial charge is 0.488 e. The maximum atomic E-state index is 12.1. The Morgan fingerprint density at radius 2 is 2.00 bits per heavy atom. The van der Waals surface area contributed by atoms with Crippen LogP contribution in [-0.2, 0) is 0 Å². The van der Waals surface area contributed by atoms with Gasteiger partial charge < -0.3 is 20.7 Å². The zero-order valence-electron chi connectivity index (χ0n) is 14.0. The molecular formula is C17H16ClN5O4. The molecule has 1 saturated carbocycles. The number of aliphatic hydroxyl groups excluding tert-OH is 2. The first-order chi connectivity index (χ1) is 12.9. The van der Waals surface area contributed by atoms with Crippen molar-refractivity contribution >= 4 is 29.1 Å². The molecule has 2 aromatic rings. The third-order valence-corrected chi connectivity index (χ3v) is 4.35. The Morgan fingerprint density at radius 3 is 2.56 bits per heavy atom. The van der Waals surface area contributed by atoms with Gasteiger partial charge in [0.1, 0.15) is 17.9 Å². The lowest BCUT2D eigenvalue weighted by atomic mass is 10.2. The molecule has 9 nitrogen and oxygen atoms in total. The third kappa shape index (κ3) is 4.09. The minimum atomic E-state index is -0.873. The number of ether oxygens (including phenoxy) is 1. The molecule has 0 spiro atoms. The summed E-state index contributed by atoms with van der Waals surface area (Å²) in [5, 5.41) is 28.6. The average molecular weight is 390 g/mol. The summed E-state index contributed by atoms with van der Waals surface area (Å²) in [5.41, 5.74) is 5.83. The van der Waals surface area contributed by atoms with Gasteiger partial charge in [0.2, 0.25) is 0 Å². The standard InChI is InChI=1S/C17H16ClN5O4/c18-9-1-2-15(27-11-4-13(24)14(25)5-11)12(3-9)23(17(20)26)16-8-21-10(6-19)7-22-16/h1-3,7-8,11,13-14,24-25H,4-5H2,(H2,20,26)/t11?,13-,14+. The van der Waals surface area contributed by atoms with Crippen LogP contribution in [0.3, 0.4) is 0 Å². The average Bonchev–Trinajstić information content (AvgIpc) is 2.95. The number of nitriles is 1. The fraction of sp³-hybridized carbons (Fsp3) is 0.294. The Kier molecular flexibility index (Phi) is 5.41. The molecule has 3 rings (SSSR count). The van der Waals surface area contributed by atoms with Crippen molar-refractivity contribution in [2.45, 2.75) is 31.2 Å². The van der Waals surface area contributed by atoms with Crippen molar-refractivity contribution in [3.05, 3.63) is 41.3 Å². The molecule has 4 N–H and O–H groups in total. The summed E-state index contributed by atoms with van der Waals surface area (Å²) in [4.78, 5) is 21.1. The zero-order chi connectivity index (χ0) is 19.6. The van der Waals surface area contributed by atoms with E-state index in [1.165, 1.54) is 18.5 Å². The van der Waals surface area contributed by atoms with Gasteiger partial charge in [0.05, 0.1) is 30.3 Å². The number of amides is 2. The van der Waals surface area contributed by atoms with Crippen molar-refractivity contribution < 1.29 is 19.7 Å². The molecule has 0 bridgehead atoms. The third-order valence-electron chi connectivity index (χ3n) is 4.11. The van der Waals surface area contributed by atoms with Crippen LogP contribution in [0.25, 0.3) is 0 Å². The van der Waals surface area contributed by atoms with Gasteiger partial charge in [-0.25, -0.2) is 19.7 Å². The van der Waals surface area contributed by atoms with E-state index in [9.17, 15) is 15.0 Å². The van der Waals surface area contributed by atoms with E-state index in [1.807, 2.05) is 6.07 Å². The number of primary amides is 1. The molecule has 0 radical (unpaired) electrons. The molecule has 0 saturated heterocycles. The van der Waals surface area contributed by atoms with Crippen LogP contribution >= 0.6 is 11.6 Å². The molecule has 1 aliphatic rings. The van der Waals surface area contributed by atoms with Crippen molar-refractivity contribution in [3.63, 3.8) is 0 Å². The molecular weight excluding hydrogens is 374 g/mol. The number of carbonyl (C=O) groups excluding carboxylic acids is 1. The van der Waals surface area contributed by atoms with E-state index in [2.05, 4.69) is 9.97 Å². The zero-order valence-corrected chi connectivity index (χ0v) is 14.7. The minimum Gasteiger partial charge on any atom is -0.488 e. The molecule has 1 unspecified atom stereocenters. The predicted octanol–water partition coefficient (Wildman–Crippen LogP) is 1.48. The van der Waals surface area contributed by atoms with Crippen LogP contribution in [0.5, 0.6) is 5.75 Å². The highest BCUT2D eigenvalue weighted by Gasteiger charge is 2.34. The molecule has 2 amide bonds. The Labute approximate surface area is 159 Å². The van der Waals surface area contributed by atoms with E-state index in [4.69, 9.17) is 27.3 Å². The summed E-state index contributed by atoms with van der Waals surface area (Å²) in [5.74, 6) is 0.357. The Hall–Kier alpha value is -2.93. The van der Waals surface area contributed by atoms with E-state index in [0.29, 0.717) is 5.02 Å². The predicted molar refractivity (Wildman–Crippen MR) is 95.6 cm³/mol. The molecule has 0 aliphatic heterocycles. The van der Waals surface area contributed by atoms with Crippen LogP contribution in [0.15, 0.2) is 30.6 Å². The monoisotopic (exact) mass is 389 g/mol. The Balaban J connectivity index is 1.98. The van der Waals surface area contributed by atoms with Crippen molar-refractivity contribution in [1.82, 2.24) is 9.97 Å². The maximum absolute atomic E-state index is 12.1. The first-order valence-corrected chi connectivity index (χ1v) is 8.41. The van der Waals surface area contributed by atoms with Crippen LogP contribution in [0.2, 0.25) is 5.02 Å². The van der Waals surface area contributed by atoms with Gasteiger partial charge in [-0.15, -0.1) is 0 Å². The number of urea groups is 1. The fourth-order valence-electron chi connectivity index (χ4n) is 2.84. The Morgan fingerprint density at radius 1 is 1.30 bits per heavy atom. The molecule has 1 fully saturated rings. The summed E-state index contributed by atoms with van der Waals surface area (Å²) < 4.78 is 5.87. The number of benzene rings is 1. The highest BCUT2D eigenvalue weighted by atomic mass is 35.5. The quantitative estimate of drug-likeness (QED) is 0.717. The van der Waals surface area contributed by atoms with Gasteiger partial charge in [0.25, 0.3) is 0 Å². The molecule has 1 aromatic heterocycles. The van der Waals surface area contributed by atoms with Crippen molar-refractivity contribution in [2.24, 2.45) is 5.73 Å². The van der Waals surface area contributed by atoms with Crippen LogP contribution in [0.1, 0.15) is 18.5 Å². The lowest BCUT2D eigenvalue weighted by Gasteiger charge is -2.24. The van der Waals surface area contributed by atoms with Gasteiger partial charge in [-0.05, 0) is 18.2 Å². The number of hydrogen-bond donors (Lipinski definition) is 3. The number of aromatic nitrogens is 2. The van der Waals surface area contributed by atoms with Gasteiger partial charge >= 0.3 is 6.03 Å². The number of anilines is 2. The highest BCUT2D eigenvalue weighted by Crippen LogP contribution is 2.37. The van der Waals surface area contributed by atoms with Crippen molar-refractivity contribution in [3.8, 4) is 11.8 Å². The van der Waals surface area contributed by atoms with E-state index >= 15 is 0 Å². The summed E-state index contributed by atoms with van der Waals surface area (Å²) in [6, 6.07) is 5.59. The summed E-state index contributed by atoms with van der Waals surface area (Å²) in [6.45, 7) is 0. The number of nitrogens with two attached hydrogens (primary N) is 1. The normalized spacial score (nSPS) is 21.5. The highest BCUT2D eigenvalue weighted by molar-refractivity contribution is 6.31. The lowest BCUT2D eigenvalue weighted by Crippen LogP contribution is -2.33. The van der Waals surface area contributed by atoms with Crippen molar-refractivity contribution in [2.75, 3.05) is 4.90 Å². The number of aliphatic hydroxyl groups is 2. The van der Waals surface area contributed by atoms with Gasteiger partial charge in [-0.2, -0.15) is 5.26 Å². The number of carbonyl (C=O) groups is 1. The van der Waals surface area contributed by atoms with E-state index in [1.54, 1.807) is 12.1 Å². The molecule has 3 atom stereocenters.